The average Bonchev–Trinajstić information content (AvgIpc) is 2.65. The Labute approximate surface area is 174 Å². The third kappa shape index (κ3) is 4.85. The quantitative estimate of drug-likeness (QED) is 0.598. The summed E-state index contributed by atoms with van der Waals surface area (Å²) in [5.74, 6) is -1.49. The number of carbonyl (C=O) groups excluding carboxylic acids is 2. The summed E-state index contributed by atoms with van der Waals surface area (Å²) in [6.07, 6.45) is -1.16. The molecule has 10 heteroatoms. The molecule has 29 heavy (non-hydrogen) atoms. The number of ether oxygens (including phenoxy) is 1. The maximum absolute atomic E-state index is 12.4. The topological polar surface area (TPSA) is 110 Å². The Bertz CT molecular complexity index is 1200. The van der Waals surface area contributed by atoms with E-state index in [2.05, 4.69) is 10.4 Å². The minimum atomic E-state index is -1.16. The monoisotopic (exact) mass is 435 g/mol. The molecule has 0 aliphatic rings. The van der Waals surface area contributed by atoms with Crippen LogP contribution < -0.4 is 16.4 Å². The molecule has 0 saturated carbocycles. The van der Waals surface area contributed by atoms with E-state index in [-0.39, 0.29) is 10.8 Å². The van der Waals surface area contributed by atoms with Crippen LogP contribution in [0.4, 0.5) is 5.69 Å². The molecule has 3 aromatic rings. The molecule has 2 aromatic carbocycles. The highest BCUT2D eigenvalue weighted by atomic mass is 35.5. The molecule has 1 heterocycles. The first-order chi connectivity index (χ1) is 13.7. The second-order valence-electron chi connectivity index (χ2n) is 6.16. The summed E-state index contributed by atoms with van der Waals surface area (Å²) in [5, 5.41) is 5.90. The van der Waals surface area contributed by atoms with Gasteiger partial charge in [0, 0.05) is 15.7 Å². The Morgan fingerprint density at radius 1 is 1.10 bits per heavy atom. The first-order valence-corrected chi connectivity index (χ1v) is 9.18. The van der Waals surface area contributed by atoms with Crippen molar-refractivity contribution in [3.05, 3.63) is 73.2 Å². The fraction of sp³-hybridized carbons (Fsp3) is 0.158. The third-order valence-electron chi connectivity index (χ3n) is 3.98. The molecule has 1 aromatic heterocycles. The zero-order valence-electron chi connectivity index (χ0n) is 15.1. The molecule has 3 rings (SSSR count). The Balaban J connectivity index is 1.69. The largest absolute Gasteiger partial charge is 0.451 e. The summed E-state index contributed by atoms with van der Waals surface area (Å²) < 4.78 is 5.90. The number of H-pyrrole nitrogens is 1. The van der Waals surface area contributed by atoms with E-state index in [1.54, 1.807) is 12.1 Å². The molecule has 0 spiro atoms. The molecule has 1 amide bonds. The highest BCUT2D eigenvalue weighted by Gasteiger charge is 2.19. The Morgan fingerprint density at radius 2 is 1.72 bits per heavy atom. The molecule has 1 atom stereocenters. The number of halogens is 2. The van der Waals surface area contributed by atoms with Crippen molar-refractivity contribution in [2.75, 3.05) is 5.32 Å². The van der Waals surface area contributed by atoms with Crippen LogP contribution in [-0.2, 0) is 20.9 Å². The van der Waals surface area contributed by atoms with Crippen molar-refractivity contribution in [1.29, 1.82) is 0 Å². The Morgan fingerprint density at radius 3 is 2.38 bits per heavy atom. The predicted octanol–water partition coefficient (Wildman–Crippen LogP) is 2.57. The van der Waals surface area contributed by atoms with Crippen LogP contribution in [0.3, 0.4) is 0 Å². The Kier molecular flexibility index (Phi) is 6.05. The van der Waals surface area contributed by atoms with Gasteiger partial charge in [0.05, 0.1) is 10.8 Å². The molecule has 0 bridgehead atoms. The fourth-order valence-corrected chi connectivity index (χ4v) is 3.17. The van der Waals surface area contributed by atoms with Gasteiger partial charge in [0.25, 0.3) is 17.0 Å². The predicted molar refractivity (Wildman–Crippen MR) is 109 cm³/mol. The standard InChI is InChI=1S/C19H15Cl2N3O5/c1-10(17(26)22-13-7-11(20)6-12(21)8-13)29-16(25)9-24-19(28)15-5-3-2-4-14(15)18(27)23-24/h2-8,10H,9H2,1H3,(H,22,26)(H,23,27)/t10-/m1/s1. The lowest BCUT2D eigenvalue weighted by Gasteiger charge is -2.14. The van der Waals surface area contributed by atoms with Gasteiger partial charge in [-0.1, -0.05) is 35.3 Å². The summed E-state index contributed by atoms with van der Waals surface area (Å²) >= 11 is 11.7. The number of anilines is 1. The summed E-state index contributed by atoms with van der Waals surface area (Å²) in [6.45, 7) is 0.810. The summed E-state index contributed by atoms with van der Waals surface area (Å²) in [4.78, 5) is 48.9. The number of carbonyl (C=O) groups is 2. The van der Waals surface area contributed by atoms with Gasteiger partial charge in [-0.2, -0.15) is 0 Å². The van der Waals surface area contributed by atoms with E-state index < -0.39 is 35.6 Å². The lowest BCUT2D eigenvalue weighted by molar-refractivity contribution is -0.154. The van der Waals surface area contributed by atoms with Crippen molar-refractivity contribution < 1.29 is 14.3 Å². The van der Waals surface area contributed by atoms with E-state index in [9.17, 15) is 19.2 Å². The number of nitrogens with zero attached hydrogens (tertiary/aromatic N) is 1. The summed E-state index contributed by atoms with van der Waals surface area (Å²) in [5.41, 5.74) is -0.732. The van der Waals surface area contributed by atoms with Crippen molar-refractivity contribution >= 4 is 51.5 Å². The smallest absolute Gasteiger partial charge is 0.328 e. The van der Waals surface area contributed by atoms with Gasteiger partial charge in [-0.3, -0.25) is 24.3 Å². The normalized spacial score (nSPS) is 11.8. The molecule has 0 aliphatic heterocycles. The van der Waals surface area contributed by atoms with Crippen molar-refractivity contribution in [3.63, 3.8) is 0 Å². The van der Waals surface area contributed by atoms with Gasteiger partial charge in [-0.05, 0) is 37.3 Å². The van der Waals surface area contributed by atoms with Crippen LogP contribution in [0.5, 0.6) is 0 Å². The van der Waals surface area contributed by atoms with E-state index in [0.29, 0.717) is 15.7 Å². The van der Waals surface area contributed by atoms with Gasteiger partial charge in [0.1, 0.15) is 6.54 Å². The van der Waals surface area contributed by atoms with Gasteiger partial charge >= 0.3 is 5.97 Å². The van der Waals surface area contributed by atoms with Gasteiger partial charge in [0.2, 0.25) is 0 Å². The van der Waals surface area contributed by atoms with Crippen LogP contribution in [0.25, 0.3) is 10.8 Å². The summed E-state index contributed by atoms with van der Waals surface area (Å²) in [7, 11) is 0. The van der Waals surface area contributed by atoms with Crippen LogP contribution in [0.15, 0.2) is 52.1 Å². The van der Waals surface area contributed by atoms with E-state index in [0.717, 1.165) is 4.68 Å². The van der Waals surface area contributed by atoms with Crippen LogP contribution in [0.2, 0.25) is 10.0 Å². The van der Waals surface area contributed by atoms with E-state index in [1.165, 1.54) is 37.3 Å². The van der Waals surface area contributed by atoms with E-state index in [1.807, 2.05) is 0 Å². The maximum atomic E-state index is 12.4. The summed E-state index contributed by atoms with van der Waals surface area (Å²) in [6, 6.07) is 10.7. The lowest BCUT2D eigenvalue weighted by Crippen LogP contribution is -2.35. The zero-order chi connectivity index (χ0) is 21.1. The van der Waals surface area contributed by atoms with Crippen LogP contribution >= 0.6 is 23.2 Å². The van der Waals surface area contributed by atoms with E-state index in [4.69, 9.17) is 27.9 Å². The van der Waals surface area contributed by atoms with Crippen LogP contribution in [0, 0.1) is 0 Å². The first-order valence-electron chi connectivity index (χ1n) is 8.43. The zero-order valence-corrected chi connectivity index (χ0v) is 16.6. The minimum absolute atomic E-state index is 0.174. The van der Waals surface area contributed by atoms with Crippen LogP contribution in [0.1, 0.15) is 6.92 Å². The number of nitrogens with one attached hydrogen (secondary N) is 2. The van der Waals surface area contributed by atoms with Crippen LogP contribution in [-0.4, -0.2) is 27.8 Å². The molecule has 0 aliphatic carbocycles. The number of hydrogen-bond donors (Lipinski definition) is 2. The number of aromatic nitrogens is 2. The molecule has 0 radical (unpaired) electrons. The number of hydrogen-bond acceptors (Lipinski definition) is 5. The molecule has 0 saturated heterocycles. The second-order valence-corrected chi connectivity index (χ2v) is 7.03. The number of fused-ring (bicyclic) bond motifs is 1. The number of aromatic amines is 1. The number of benzene rings is 2. The van der Waals surface area contributed by atoms with E-state index >= 15 is 0 Å². The molecule has 0 unspecified atom stereocenters. The molecular formula is C19H15Cl2N3O5. The maximum Gasteiger partial charge on any atom is 0.328 e. The second kappa shape index (κ2) is 8.50. The number of rotatable bonds is 5. The molecule has 150 valence electrons. The number of esters is 1. The minimum Gasteiger partial charge on any atom is -0.451 e. The SMILES string of the molecule is C[C@@H](OC(=O)Cn1[nH]c(=O)c2ccccc2c1=O)C(=O)Nc1cc(Cl)cc(Cl)c1. The van der Waals surface area contributed by atoms with Crippen molar-refractivity contribution in [1.82, 2.24) is 9.78 Å². The number of amides is 1. The fourth-order valence-electron chi connectivity index (χ4n) is 2.64. The highest BCUT2D eigenvalue weighted by Crippen LogP contribution is 2.22. The van der Waals surface area contributed by atoms with Gasteiger partial charge in [-0.15, -0.1) is 0 Å². The van der Waals surface area contributed by atoms with Crippen molar-refractivity contribution in [3.8, 4) is 0 Å². The van der Waals surface area contributed by atoms with Gasteiger partial charge in [-0.25, -0.2) is 4.68 Å². The lowest BCUT2D eigenvalue weighted by atomic mass is 10.2. The molecule has 2 N–H and O–H groups in total. The van der Waals surface area contributed by atoms with Crippen molar-refractivity contribution in [2.45, 2.75) is 19.6 Å². The highest BCUT2D eigenvalue weighted by molar-refractivity contribution is 6.35. The Hall–Kier alpha value is -3.10. The molecular weight excluding hydrogens is 421 g/mol. The van der Waals surface area contributed by atoms with Gasteiger partial charge < -0.3 is 10.1 Å². The third-order valence-corrected chi connectivity index (χ3v) is 4.41. The average molecular weight is 436 g/mol. The van der Waals surface area contributed by atoms with Gasteiger partial charge in [0.15, 0.2) is 6.10 Å². The molecule has 0 fully saturated rings. The first kappa shape index (κ1) is 20.6. The molecule has 8 nitrogen and oxygen atoms in total. The van der Waals surface area contributed by atoms with Crippen molar-refractivity contribution in [2.24, 2.45) is 0 Å².